The van der Waals surface area contributed by atoms with E-state index in [-0.39, 0.29) is 18.4 Å². The number of methoxy groups -OCH3 is 1. The molecule has 1 saturated heterocycles. The predicted molar refractivity (Wildman–Crippen MR) is 106 cm³/mol. The van der Waals surface area contributed by atoms with Gasteiger partial charge in [-0.25, -0.2) is 0 Å². The number of carbonyl (C=O) groups is 2. The molecule has 0 aromatic heterocycles. The summed E-state index contributed by atoms with van der Waals surface area (Å²) in [7, 11) is 1.59. The van der Waals surface area contributed by atoms with Crippen molar-refractivity contribution in [1.29, 1.82) is 0 Å². The van der Waals surface area contributed by atoms with Crippen molar-refractivity contribution in [2.75, 3.05) is 53.1 Å². The van der Waals surface area contributed by atoms with Crippen molar-refractivity contribution < 1.29 is 23.8 Å². The van der Waals surface area contributed by atoms with Crippen LogP contribution in [0, 0.1) is 0 Å². The summed E-state index contributed by atoms with van der Waals surface area (Å²) in [5.41, 5.74) is 1.09. The van der Waals surface area contributed by atoms with Gasteiger partial charge in [-0.1, -0.05) is 32.0 Å². The fourth-order valence-corrected chi connectivity index (χ4v) is 3.13. The van der Waals surface area contributed by atoms with Gasteiger partial charge in [-0.05, 0) is 24.5 Å². The minimum Gasteiger partial charge on any atom is -0.481 e. The van der Waals surface area contributed by atoms with Crippen LogP contribution in [-0.4, -0.2) is 80.8 Å². The van der Waals surface area contributed by atoms with Crippen molar-refractivity contribution in [3.05, 3.63) is 29.8 Å². The second kappa shape index (κ2) is 11.0. The average Bonchev–Trinajstić information content (AvgIpc) is 2.70. The van der Waals surface area contributed by atoms with Crippen LogP contribution in [0.4, 0.5) is 0 Å². The summed E-state index contributed by atoms with van der Waals surface area (Å²) >= 11 is 0. The zero-order valence-corrected chi connectivity index (χ0v) is 17.3. The Morgan fingerprint density at radius 2 is 1.64 bits per heavy atom. The van der Waals surface area contributed by atoms with E-state index in [1.165, 1.54) is 0 Å². The van der Waals surface area contributed by atoms with Crippen molar-refractivity contribution in [3.8, 4) is 5.75 Å². The smallest absolute Gasteiger partial charge is 0.263 e. The maximum Gasteiger partial charge on any atom is 0.263 e. The van der Waals surface area contributed by atoms with Gasteiger partial charge in [0.05, 0.1) is 13.2 Å². The molecule has 0 spiro atoms. The molecule has 156 valence electrons. The third kappa shape index (κ3) is 6.21. The Morgan fingerprint density at radius 1 is 1.00 bits per heavy atom. The van der Waals surface area contributed by atoms with Gasteiger partial charge >= 0.3 is 0 Å². The first-order valence-electron chi connectivity index (χ1n) is 9.82. The monoisotopic (exact) mass is 392 g/mol. The van der Waals surface area contributed by atoms with E-state index < -0.39 is 6.10 Å². The molecule has 1 unspecified atom stereocenters. The molecule has 1 aromatic rings. The number of amides is 2. The SMILES string of the molecule is COCCOCC(=O)N1CCN(C(=O)C(C)Oc2ccccc2C(C)C)CC1. The van der Waals surface area contributed by atoms with Crippen LogP contribution in [0.25, 0.3) is 0 Å². The topological polar surface area (TPSA) is 68.3 Å². The molecule has 1 aliphatic rings. The van der Waals surface area contributed by atoms with Gasteiger partial charge in [-0.3, -0.25) is 9.59 Å². The van der Waals surface area contributed by atoms with E-state index >= 15 is 0 Å². The molecule has 7 nitrogen and oxygen atoms in total. The standard InChI is InChI=1S/C21H32N2O5/c1-16(2)18-7-5-6-8-19(18)28-17(3)21(25)23-11-9-22(10-12-23)20(24)15-27-14-13-26-4/h5-8,16-17H,9-15H2,1-4H3. The first-order chi connectivity index (χ1) is 13.4. The molecule has 0 N–H and O–H groups in total. The van der Waals surface area contributed by atoms with Crippen molar-refractivity contribution in [3.63, 3.8) is 0 Å². The average molecular weight is 392 g/mol. The molecule has 0 bridgehead atoms. The van der Waals surface area contributed by atoms with Crippen LogP contribution in [0.3, 0.4) is 0 Å². The number of hydrogen-bond acceptors (Lipinski definition) is 5. The fourth-order valence-electron chi connectivity index (χ4n) is 3.13. The summed E-state index contributed by atoms with van der Waals surface area (Å²) in [6.45, 7) is 8.91. The van der Waals surface area contributed by atoms with Gasteiger partial charge < -0.3 is 24.0 Å². The molecule has 0 radical (unpaired) electrons. The number of hydrogen-bond donors (Lipinski definition) is 0. The van der Waals surface area contributed by atoms with Crippen molar-refractivity contribution in [2.24, 2.45) is 0 Å². The normalized spacial score (nSPS) is 15.6. The minimum atomic E-state index is -0.570. The highest BCUT2D eigenvalue weighted by Crippen LogP contribution is 2.27. The molecule has 7 heteroatoms. The number of piperazine rings is 1. The van der Waals surface area contributed by atoms with Crippen LogP contribution in [0.2, 0.25) is 0 Å². The Bertz CT molecular complexity index is 641. The summed E-state index contributed by atoms with van der Waals surface area (Å²) in [6.07, 6.45) is -0.570. The van der Waals surface area contributed by atoms with E-state index in [0.717, 1.165) is 11.3 Å². The maximum atomic E-state index is 12.8. The number of carbonyl (C=O) groups excluding carboxylic acids is 2. The van der Waals surface area contributed by atoms with E-state index in [9.17, 15) is 9.59 Å². The molecule has 1 aromatic carbocycles. The van der Waals surface area contributed by atoms with Crippen LogP contribution in [0.1, 0.15) is 32.3 Å². The summed E-state index contributed by atoms with van der Waals surface area (Å²) in [6, 6.07) is 7.82. The summed E-state index contributed by atoms with van der Waals surface area (Å²) in [5.74, 6) is 0.958. The number of benzene rings is 1. The fraction of sp³-hybridized carbons (Fsp3) is 0.619. The lowest BCUT2D eigenvalue weighted by atomic mass is 10.0. The van der Waals surface area contributed by atoms with Gasteiger partial charge in [-0.2, -0.15) is 0 Å². The Balaban J connectivity index is 1.82. The van der Waals surface area contributed by atoms with E-state index in [1.807, 2.05) is 24.3 Å². The lowest BCUT2D eigenvalue weighted by Gasteiger charge is -2.36. The van der Waals surface area contributed by atoms with Gasteiger partial charge in [0.15, 0.2) is 6.10 Å². The molecular weight excluding hydrogens is 360 g/mol. The second-order valence-corrected chi connectivity index (χ2v) is 7.20. The largest absolute Gasteiger partial charge is 0.481 e. The zero-order chi connectivity index (χ0) is 20.5. The van der Waals surface area contributed by atoms with Crippen LogP contribution in [0.15, 0.2) is 24.3 Å². The summed E-state index contributed by atoms with van der Waals surface area (Å²) in [5, 5.41) is 0. The minimum absolute atomic E-state index is 0.0445. The molecule has 2 amide bonds. The summed E-state index contributed by atoms with van der Waals surface area (Å²) < 4.78 is 16.1. The first kappa shape index (κ1) is 22.2. The maximum absolute atomic E-state index is 12.8. The van der Waals surface area contributed by atoms with E-state index in [1.54, 1.807) is 23.8 Å². The highest BCUT2D eigenvalue weighted by atomic mass is 16.5. The van der Waals surface area contributed by atoms with Crippen LogP contribution in [0.5, 0.6) is 5.75 Å². The van der Waals surface area contributed by atoms with Gasteiger partial charge in [0.1, 0.15) is 12.4 Å². The van der Waals surface area contributed by atoms with Crippen LogP contribution in [-0.2, 0) is 19.1 Å². The first-order valence-corrected chi connectivity index (χ1v) is 9.82. The number of para-hydroxylation sites is 1. The molecule has 28 heavy (non-hydrogen) atoms. The van der Waals surface area contributed by atoms with Gasteiger partial charge in [0, 0.05) is 33.3 Å². The lowest BCUT2D eigenvalue weighted by molar-refractivity contribution is -0.145. The van der Waals surface area contributed by atoms with Crippen molar-refractivity contribution in [2.45, 2.75) is 32.8 Å². The third-order valence-electron chi connectivity index (χ3n) is 4.79. The highest BCUT2D eigenvalue weighted by Gasteiger charge is 2.28. The van der Waals surface area contributed by atoms with Gasteiger partial charge in [0.2, 0.25) is 5.91 Å². The Kier molecular flexibility index (Phi) is 8.73. The van der Waals surface area contributed by atoms with Crippen LogP contribution >= 0.6 is 0 Å². The number of rotatable bonds is 9. The van der Waals surface area contributed by atoms with Crippen LogP contribution < -0.4 is 4.74 Å². The van der Waals surface area contributed by atoms with Crippen molar-refractivity contribution in [1.82, 2.24) is 9.80 Å². The van der Waals surface area contributed by atoms with E-state index in [4.69, 9.17) is 14.2 Å². The molecule has 1 heterocycles. The van der Waals surface area contributed by atoms with Crippen molar-refractivity contribution >= 4 is 11.8 Å². The number of ether oxygens (including phenoxy) is 3. The zero-order valence-electron chi connectivity index (χ0n) is 17.3. The van der Waals surface area contributed by atoms with E-state index in [2.05, 4.69) is 13.8 Å². The summed E-state index contributed by atoms with van der Waals surface area (Å²) in [4.78, 5) is 28.4. The molecule has 0 saturated carbocycles. The number of nitrogens with zero attached hydrogens (tertiary/aromatic N) is 2. The highest BCUT2D eigenvalue weighted by molar-refractivity contribution is 5.82. The van der Waals surface area contributed by atoms with E-state index in [0.29, 0.717) is 45.3 Å². The Labute approximate surface area is 167 Å². The third-order valence-corrected chi connectivity index (χ3v) is 4.79. The Hall–Kier alpha value is -2.12. The molecule has 2 rings (SSSR count). The molecule has 1 fully saturated rings. The molecule has 1 atom stereocenters. The predicted octanol–water partition coefficient (Wildman–Crippen LogP) is 1.91. The van der Waals surface area contributed by atoms with Gasteiger partial charge in [-0.15, -0.1) is 0 Å². The van der Waals surface area contributed by atoms with Gasteiger partial charge in [0.25, 0.3) is 5.91 Å². The Morgan fingerprint density at radius 3 is 2.29 bits per heavy atom. The molecule has 1 aliphatic heterocycles. The second-order valence-electron chi connectivity index (χ2n) is 7.20. The molecular formula is C21H32N2O5. The quantitative estimate of drug-likeness (QED) is 0.601. The molecule has 0 aliphatic carbocycles. The lowest BCUT2D eigenvalue weighted by Crippen LogP contribution is -2.53.